The Balaban J connectivity index is 0.000000320. The van der Waals surface area contributed by atoms with Crippen molar-refractivity contribution >= 4 is 15.9 Å². The minimum Gasteiger partial charge on any atom is -0.396 e. The third-order valence-corrected chi connectivity index (χ3v) is 15.8. The van der Waals surface area contributed by atoms with E-state index in [1.807, 2.05) is 0 Å². The highest BCUT2D eigenvalue weighted by Crippen LogP contribution is 2.42. The van der Waals surface area contributed by atoms with E-state index in [1.54, 1.807) is 0 Å². The van der Waals surface area contributed by atoms with Crippen molar-refractivity contribution in [1.82, 2.24) is 0 Å². The Morgan fingerprint density at radius 2 is 0.717 bits per heavy atom. The van der Waals surface area contributed by atoms with Crippen LogP contribution >= 0.6 is 15.9 Å². The molecule has 2 atom stereocenters. The van der Waals surface area contributed by atoms with Crippen LogP contribution in [0.4, 0.5) is 0 Å². The standard InChI is InChI=1S/C29H43Br.C29H44O/c2*1-9-29(10-2,27-16-14-25(17-18-30)22(4)20-27)26-15-13-24(21(3)19-26)12-11-23(5)28(6,7)8/h13-16,19-20,23H,9-12,17-18H2,1-8H3;13-16,19-20,23,30H,9-12,17-18H2,1-8H3. The first kappa shape index (κ1) is 51.7. The van der Waals surface area contributed by atoms with Gasteiger partial charge in [-0.2, -0.15) is 0 Å². The zero-order chi connectivity index (χ0) is 45.1. The van der Waals surface area contributed by atoms with Gasteiger partial charge in [-0.05, 0) is 181 Å². The maximum absolute atomic E-state index is 9.32. The number of hydrogen-bond donors (Lipinski definition) is 1. The van der Waals surface area contributed by atoms with Crippen LogP contribution in [0, 0.1) is 50.4 Å². The molecular weight excluding hydrogens is 793 g/mol. The molecule has 0 saturated heterocycles. The van der Waals surface area contributed by atoms with Crippen LogP contribution in [0.25, 0.3) is 0 Å². The Labute approximate surface area is 379 Å². The quantitative estimate of drug-likeness (QED) is 0.0988. The monoisotopic (exact) mass is 879 g/mol. The van der Waals surface area contributed by atoms with Crippen molar-refractivity contribution in [3.05, 3.63) is 140 Å². The minimum atomic E-state index is 0.0461. The normalized spacial score (nSPS) is 13.5. The first-order valence-electron chi connectivity index (χ1n) is 23.7. The summed E-state index contributed by atoms with van der Waals surface area (Å²) in [5, 5.41) is 10.3. The van der Waals surface area contributed by atoms with Gasteiger partial charge in [-0.25, -0.2) is 0 Å². The first-order valence-corrected chi connectivity index (χ1v) is 24.9. The third-order valence-electron chi connectivity index (χ3n) is 15.4. The molecule has 4 aromatic carbocycles. The SMILES string of the molecule is CCC(CC)(c1ccc(CCBr)c(C)c1)c1ccc(CCC(C)C(C)(C)C)c(C)c1.CCC(CC)(c1ccc(CCO)c(C)c1)c1ccc(CCC(C)C(C)(C)C)c(C)c1. The van der Waals surface area contributed by atoms with Crippen molar-refractivity contribution in [3.8, 4) is 0 Å². The predicted molar refractivity (Wildman–Crippen MR) is 270 cm³/mol. The van der Waals surface area contributed by atoms with E-state index in [2.05, 4.69) is 200 Å². The molecular formula is C58H87BrO. The van der Waals surface area contributed by atoms with Crippen LogP contribution in [0.15, 0.2) is 72.8 Å². The van der Waals surface area contributed by atoms with Crippen molar-refractivity contribution in [1.29, 1.82) is 0 Å². The second-order valence-electron chi connectivity index (χ2n) is 20.7. The highest BCUT2D eigenvalue weighted by atomic mass is 79.9. The van der Waals surface area contributed by atoms with Crippen LogP contribution in [-0.2, 0) is 36.5 Å². The third kappa shape index (κ3) is 12.7. The summed E-state index contributed by atoms with van der Waals surface area (Å²) >= 11 is 3.59. The second-order valence-corrected chi connectivity index (χ2v) is 21.5. The maximum atomic E-state index is 9.32. The molecule has 4 rings (SSSR count). The van der Waals surface area contributed by atoms with Crippen molar-refractivity contribution in [2.75, 3.05) is 11.9 Å². The first-order chi connectivity index (χ1) is 28.2. The van der Waals surface area contributed by atoms with E-state index in [0.717, 1.165) is 56.2 Å². The largest absolute Gasteiger partial charge is 0.396 e. The molecule has 332 valence electrons. The molecule has 0 aliphatic heterocycles. The van der Waals surface area contributed by atoms with Gasteiger partial charge in [0.05, 0.1) is 0 Å². The Kier molecular flexibility index (Phi) is 19.5. The van der Waals surface area contributed by atoms with Gasteiger partial charge >= 0.3 is 0 Å². The van der Waals surface area contributed by atoms with Crippen molar-refractivity contribution < 1.29 is 5.11 Å². The molecule has 2 heteroatoms. The summed E-state index contributed by atoms with van der Waals surface area (Å²) in [4.78, 5) is 0. The van der Waals surface area contributed by atoms with E-state index in [4.69, 9.17) is 0 Å². The van der Waals surface area contributed by atoms with E-state index in [1.165, 1.54) is 86.0 Å². The van der Waals surface area contributed by atoms with Crippen LogP contribution in [-0.4, -0.2) is 17.0 Å². The summed E-state index contributed by atoms with van der Waals surface area (Å²) in [5.41, 5.74) is 18.0. The van der Waals surface area contributed by atoms with E-state index in [9.17, 15) is 5.11 Å². The van der Waals surface area contributed by atoms with E-state index >= 15 is 0 Å². The van der Waals surface area contributed by atoms with Crippen molar-refractivity contribution in [2.24, 2.45) is 22.7 Å². The summed E-state index contributed by atoms with van der Waals surface area (Å²) in [6, 6.07) is 28.5. The fourth-order valence-corrected chi connectivity index (χ4v) is 9.82. The van der Waals surface area contributed by atoms with E-state index in [-0.39, 0.29) is 17.4 Å². The fraction of sp³-hybridized carbons (Fsp3) is 0.586. The zero-order valence-corrected chi connectivity index (χ0v) is 43.0. The number of aryl methyl sites for hydroxylation is 7. The van der Waals surface area contributed by atoms with Crippen LogP contribution in [0.3, 0.4) is 0 Å². The number of alkyl halides is 1. The molecule has 1 nitrogen and oxygen atoms in total. The molecule has 0 spiro atoms. The summed E-state index contributed by atoms with van der Waals surface area (Å²) < 4.78 is 0. The number of aliphatic hydroxyl groups is 1. The minimum absolute atomic E-state index is 0.0461. The summed E-state index contributed by atoms with van der Waals surface area (Å²) in [7, 11) is 0. The molecule has 0 radical (unpaired) electrons. The predicted octanol–water partition coefficient (Wildman–Crippen LogP) is 16.5. The van der Waals surface area contributed by atoms with Gasteiger partial charge in [0, 0.05) is 22.8 Å². The van der Waals surface area contributed by atoms with Crippen LogP contribution in [0.5, 0.6) is 0 Å². The lowest BCUT2D eigenvalue weighted by Gasteiger charge is -2.34. The number of benzene rings is 4. The zero-order valence-electron chi connectivity index (χ0n) is 41.4. The smallest absolute Gasteiger partial charge is 0.0471 e. The summed E-state index contributed by atoms with van der Waals surface area (Å²) in [5.74, 6) is 1.44. The van der Waals surface area contributed by atoms with Crippen molar-refractivity contribution in [3.63, 3.8) is 0 Å². The molecule has 4 aromatic rings. The Morgan fingerprint density at radius 1 is 0.450 bits per heavy atom. The molecule has 0 aliphatic rings. The summed E-state index contributed by atoms with van der Waals surface area (Å²) in [6.45, 7) is 37.4. The topological polar surface area (TPSA) is 20.2 Å². The van der Waals surface area contributed by atoms with Crippen LogP contribution in [0.2, 0.25) is 0 Å². The average Bonchev–Trinajstić information content (AvgIpc) is 3.20. The molecule has 0 amide bonds. The Morgan fingerprint density at radius 3 is 0.933 bits per heavy atom. The maximum Gasteiger partial charge on any atom is 0.0471 e. The van der Waals surface area contributed by atoms with Gasteiger partial charge in [-0.3, -0.25) is 0 Å². The molecule has 0 saturated carbocycles. The van der Waals surface area contributed by atoms with Gasteiger partial charge < -0.3 is 5.11 Å². The van der Waals surface area contributed by atoms with E-state index < -0.39 is 0 Å². The molecule has 0 fully saturated rings. The molecule has 0 bridgehead atoms. The fourth-order valence-electron chi connectivity index (χ4n) is 9.39. The van der Waals surface area contributed by atoms with Gasteiger partial charge in [0.2, 0.25) is 0 Å². The highest BCUT2D eigenvalue weighted by molar-refractivity contribution is 9.09. The number of hydrogen-bond acceptors (Lipinski definition) is 1. The highest BCUT2D eigenvalue weighted by Gasteiger charge is 2.33. The molecule has 1 N–H and O–H groups in total. The molecule has 60 heavy (non-hydrogen) atoms. The van der Waals surface area contributed by atoms with Gasteiger partial charge in [0.15, 0.2) is 0 Å². The lowest BCUT2D eigenvalue weighted by Crippen LogP contribution is -2.26. The number of rotatable bonds is 18. The molecule has 0 aromatic heterocycles. The van der Waals surface area contributed by atoms with Gasteiger partial charge in [0.25, 0.3) is 0 Å². The van der Waals surface area contributed by atoms with Crippen LogP contribution < -0.4 is 0 Å². The summed E-state index contributed by atoms with van der Waals surface area (Å²) in [6.07, 6.45) is 11.1. The number of halogens is 1. The number of aliphatic hydroxyl groups excluding tert-OH is 1. The van der Waals surface area contributed by atoms with Crippen LogP contribution in [0.1, 0.15) is 188 Å². The van der Waals surface area contributed by atoms with Crippen molar-refractivity contribution in [2.45, 2.75) is 186 Å². The molecule has 0 aliphatic carbocycles. The Bertz CT molecular complexity index is 1780. The molecule has 0 heterocycles. The average molecular weight is 880 g/mol. The van der Waals surface area contributed by atoms with Gasteiger partial charge in [0.1, 0.15) is 0 Å². The van der Waals surface area contributed by atoms with E-state index in [0.29, 0.717) is 16.7 Å². The van der Waals surface area contributed by atoms with Gasteiger partial charge in [-0.15, -0.1) is 0 Å². The lowest BCUT2D eigenvalue weighted by atomic mass is 9.69. The van der Waals surface area contributed by atoms with Gasteiger partial charge in [-0.1, -0.05) is 172 Å². The second kappa shape index (κ2) is 22.6. The lowest BCUT2D eigenvalue weighted by molar-refractivity contribution is 0.247. The Hall–Kier alpha value is -2.68. The molecule has 2 unspecified atom stereocenters.